The van der Waals surface area contributed by atoms with E-state index in [-0.39, 0.29) is 16.9 Å². The van der Waals surface area contributed by atoms with Crippen LogP contribution in [0.25, 0.3) is 0 Å². The van der Waals surface area contributed by atoms with Crippen molar-refractivity contribution in [1.29, 1.82) is 0 Å². The maximum absolute atomic E-state index is 13.2. The lowest BCUT2D eigenvalue weighted by molar-refractivity contribution is -0.114. The smallest absolute Gasteiger partial charge is 0.337 e. The van der Waals surface area contributed by atoms with Crippen LogP contribution in [0.15, 0.2) is 48.5 Å². The summed E-state index contributed by atoms with van der Waals surface area (Å²) in [4.78, 5) is 23.8. The molecule has 0 heterocycles. The molecule has 0 atom stereocenters. The minimum atomic E-state index is -3.82. The second kappa shape index (κ2) is 7.96. The third-order valence-corrected chi connectivity index (χ3v) is 4.49. The van der Waals surface area contributed by atoms with Gasteiger partial charge in [0.05, 0.1) is 24.6 Å². The predicted octanol–water partition coefficient (Wildman–Crippen LogP) is 2.02. The van der Waals surface area contributed by atoms with Gasteiger partial charge in [-0.15, -0.1) is 0 Å². The maximum Gasteiger partial charge on any atom is 0.337 e. The van der Waals surface area contributed by atoms with Crippen molar-refractivity contribution < 1.29 is 27.1 Å². The zero-order valence-corrected chi connectivity index (χ0v) is 14.9. The van der Waals surface area contributed by atoms with Gasteiger partial charge in [-0.3, -0.25) is 9.10 Å². The molecule has 0 aliphatic carbocycles. The number of methoxy groups -OCH3 is 1. The second-order valence-electron chi connectivity index (χ2n) is 5.37. The van der Waals surface area contributed by atoms with Crippen LogP contribution in [0.5, 0.6) is 0 Å². The van der Waals surface area contributed by atoms with Crippen molar-refractivity contribution in [3.63, 3.8) is 0 Å². The molecule has 2 aromatic rings. The van der Waals surface area contributed by atoms with Crippen LogP contribution < -0.4 is 9.62 Å². The molecular weight excluding hydrogens is 363 g/mol. The summed E-state index contributed by atoms with van der Waals surface area (Å²) < 4.78 is 42.8. The Bertz CT molecular complexity index is 930. The summed E-state index contributed by atoms with van der Waals surface area (Å²) in [6.07, 6.45) is 0.938. The standard InChI is InChI=1S/C17H17FN2O5S/c1-25-17(22)12-5-3-8-15(9-12)20(26(2,23)24)11-16(21)19-14-7-4-6-13(18)10-14/h3-10H,11H2,1-2H3,(H,19,21). The van der Waals surface area contributed by atoms with Gasteiger partial charge in [0.25, 0.3) is 0 Å². The van der Waals surface area contributed by atoms with Crippen LogP contribution in [0.4, 0.5) is 15.8 Å². The van der Waals surface area contributed by atoms with E-state index in [0.29, 0.717) is 0 Å². The molecule has 2 aromatic carbocycles. The fourth-order valence-corrected chi connectivity index (χ4v) is 3.05. The van der Waals surface area contributed by atoms with Gasteiger partial charge in [-0.2, -0.15) is 0 Å². The monoisotopic (exact) mass is 380 g/mol. The van der Waals surface area contributed by atoms with E-state index in [1.165, 1.54) is 49.6 Å². The summed E-state index contributed by atoms with van der Waals surface area (Å²) in [5.41, 5.74) is 0.473. The van der Waals surface area contributed by atoms with Crippen LogP contribution in [0.3, 0.4) is 0 Å². The first kappa shape index (κ1) is 19.4. The number of anilines is 2. The third-order valence-electron chi connectivity index (χ3n) is 3.35. The van der Waals surface area contributed by atoms with Gasteiger partial charge < -0.3 is 10.1 Å². The molecule has 0 fully saturated rings. The molecule has 26 heavy (non-hydrogen) atoms. The normalized spacial score (nSPS) is 10.9. The second-order valence-corrected chi connectivity index (χ2v) is 7.28. The number of carbonyl (C=O) groups is 2. The summed E-state index contributed by atoms with van der Waals surface area (Å²) in [6, 6.07) is 10.9. The van der Waals surface area contributed by atoms with Crippen molar-refractivity contribution in [3.8, 4) is 0 Å². The Hall–Kier alpha value is -2.94. The summed E-state index contributed by atoms with van der Waals surface area (Å²) >= 11 is 0. The zero-order chi connectivity index (χ0) is 19.3. The third kappa shape index (κ3) is 5.03. The number of hydrogen-bond acceptors (Lipinski definition) is 5. The van der Waals surface area contributed by atoms with E-state index in [4.69, 9.17) is 0 Å². The number of benzene rings is 2. The van der Waals surface area contributed by atoms with Crippen LogP contribution in [-0.4, -0.2) is 40.2 Å². The SMILES string of the molecule is COC(=O)c1cccc(N(CC(=O)Nc2cccc(F)c2)S(C)(=O)=O)c1. The number of amides is 1. The first-order chi connectivity index (χ1) is 12.2. The highest BCUT2D eigenvalue weighted by molar-refractivity contribution is 7.92. The molecule has 1 amide bonds. The molecule has 0 radical (unpaired) electrons. The fourth-order valence-electron chi connectivity index (χ4n) is 2.20. The van der Waals surface area contributed by atoms with E-state index in [9.17, 15) is 22.4 Å². The van der Waals surface area contributed by atoms with E-state index in [2.05, 4.69) is 10.1 Å². The van der Waals surface area contributed by atoms with Crippen molar-refractivity contribution in [1.82, 2.24) is 0 Å². The number of esters is 1. The molecule has 0 saturated heterocycles. The average molecular weight is 380 g/mol. The fraction of sp³-hybridized carbons (Fsp3) is 0.176. The number of sulfonamides is 1. The largest absolute Gasteiger partial charge is 0.465 e. The highest BCUT2D eigenvalue weighted by atomic mass is 32.2. The van der Waals surface area contributed by atoms with Gasteiger partial charge in [-0.1, -0.05) is 12.1 Å². The number of nitrogens with one attached hydrogen (secondary N) is 1. The highest BCUT2D eigenvalue weighted by Crippen LogP contribution is 2.20. The Morgan fingerprint density at radius 2 is 1.85 bits per heavy atom. The van der Waals surface area contributed by atoms with Crippen LogP contribution in [0.2, 0.25) is 0 Å². The van der Waals surface area contributed by atoms with Gasteiger partial charge in [0.15, 0.2) is 0 Å². The lowest BCUT2D eigenvalue weighted by atomic mass is 10.2. The number of ether oxygens (including phenoxy) is 1. The van der Waals surface area contributed by atoms with E-state index in [1.54, 1.807) is 0 Å². The van der Waals surface area contributed by atoms with Gasteiger partial charge >= 0.3 is 5.97 Å². The molecule has 138 valence electrons. The molecule has 0 aliphatic rings. The molecule has 7 nitrogen and oxygen atoms in total. The summed E-state index contributed by atoms with van der Waals surface area (Å²) in [5.74, 6) is -1.83. The number of halogens is 1. The van der Waals surface area contributed by atoms with Crippen molar-refractivity contribution in [2.24, 2.45) is 0 Å². The Kier molecular flexibility index (Phi) is 5.93. The number of rotatable bonds is 6. The molecule has 0 unspecified atom stereocenters. The van der Waals surface area contributed by atoms with Crippen molar-refractivity contribution in [2.45, 2.75) is 0 Å². The van der Waals surface area contributed by atoms with E-state index in [0.717, 1.165) is 16.6 Å². The van der Waals surface area contributed by atoms with E-state index >= 15 is 0 Å². The zero-order valence-electron chi connectivity index (χ0n) is 14.1. The van der Waals surface area contributed by atoms with Crippen molar-refractivity contribution in [2.75, 3.05) is 29.5 Å². The first-order valence-corrected chi connectivity index (χ1v) is 9.27. The average Bonchev–Trinajstić information content (AvgIpc) is 2.58. The molecule has 0 aromatic heterocycles. The molecule has 0 spiro atoms. The quantitative estimate of drug-likeness (QED) is 0.774. The number of carbonyl (C=O) groups excluding carboxylic acids is 2. The number of nitrogens with zero attached hydrogens (tertiary/aromatic N) is 1. The molecule has 1 N–H and O–H groups in total. The minimum Gasteiger partial charge on any atom is -0.465 e. The Morgan fingerprint density at radius 1 is 1.15 bits per heavy atom. The Labute approximate surface area is 150 Å². The van der Waals surface area contributed by atoms with Gasteiger partial charge in [0.1, 0.15) is 12.4 Å². The van der Waals surface area contributed by atoms with Crippen LogP contribution in [0.1, 0.15) is 10.4 Å². The lowest BCUT2D eigenvalue weighted by Gasteiger charge is -2.22. The Balaban J connectivity index is 2.26. The maximum atomic E-state index is 13.2. The topological polar surface area (TPSA) is 92.8 Å². The molecule has 2 rings (SSSR count). The molecule has 0 aliphatic heterocycles. The summed E-state index contributed by atoms with van der Waals surface area (Å²) in [6.45, 7) is -0.542. The van der Waals surface area contributed by atoms with Gasteiger partial charge in [0.2, 0.25) is 15.9 Å². The molecule has 9 heteroatoms. The van der Waals surface area contributed by atoms with Gasteiger partial charge in [-0.25, -0.2) is 17.6 Å². The van der Waals surface area contributed by atoms with Crippen LogP contribution >= 0.6 is 0 Å². The molecular formula is C17H17FN2O5S. The van der Waals surface area contributed by atoms with Crippen LogP contribution in [0, 0.1) is 5.82 Å². The summed E-state index contributed by atoms with van der Waals surface area (Å²) in [7, 11) is -2.61. The minimum absolute atomic E-state index is 0.129. The van der Waals surface area contributed by atoms with Crippen LogP contribution in [-0.2, 0) is 19.6 Å². The molecule has 0 bridgehead atoms. The predicted molar refractivity (Wildman–Crippen MR) is 95.0 cm³/mol. The van der Waals surface area contributed by atoms with E-state index < -0.39 is 34.3 Å². The highest BCUT2D eigenvalue weighted by Gasteiger charge is 2.22. The van der Waals surface area contributed by atoms with Crippen molar-refractivity contribution >= 4 is 33.3 Å². The van der Waals surface area contributed by atoms with Crippen molar-refractivity contribution in [3.05, 3.63) is 59.9 Å². The molecule has 0 saturated carbocycles. The first-order valence-electron chi connectivity index (χ1n) is 7.42. The number of hydrogen-bond donors (Lipinski definition) is 1. The lowest BCUT2D eigenvalue weighted by Crippen LogP contribution is -2.37. The van der Waals surface area contributed by atoms with Gasteiger partial charge in [-0.05, 0) is 36.4 Å². The summed E-state index contributed by atoms with van der Waals surface area (Å²) in [5, 5.41) is 2.43. The van der Waals surface area contributed by atoms with Gasteiger partial charge in [0, 0.05) is 5.69 Å². The Morgan fingerprint density at radius 3 is 2.46 bits per heavy atom. The van der Waals surface area contributed by atoms with E-state index in [1.807, 2.05) is 0 Å².